The number of primary sulfonamides is 1. The van der Waals surface area contributed by atoms with Crippen LogP contribution in [0.15, 0.2) is 57.6 Å². The van der Waals surface area contributed by atoms with Crippen molar-refractivity contribution < 1.29 is 13.5 Å². The van der Waals surface area contributed by atoms with Crippen molar-refractivity contribution in [3.05, 3.63) is 48.0 Å². The number of fused-ring (bicyclic) bond motifs is 1. The summed E-state index contributed by atoms with van der Waals surface area (Å²) in [5.41, 5.74) is 2.79. The molecule has 0 amide bonds. The zero-order valence-corrected chi connectivity index (χ0v) is 19.4. The number of aromatic hydroxyl groups is 1. The first-order valence-electron chi connectivity index (χ1n) is 9.63. The van der Waals surface area contributed by atoms with Crippen LogP contribution in [0.25, 0.3) is 10.9 Å². The molecule has 0 saturated carbocycles. The lowest BCUT2D eigenvalue weighted by atomic mass is 9.86. The summed E-state index contributed by atoms with van der Waals surface area (Å²) in [5.74, 6) is 0.0209. The fraction of sp³-hybridized carbons (Fsp3) is 0.286. The Morgan fingerprint density at radius 1 is 1.19 bits per heavy atom. The Labute approximate surface area is 186 Å². The fourth-order valence-electron chi connectivity index (χ4n) is 3.18. The lowest BCUT2D eigenvalue weighted by molar-refractivity contribution is 0.427. The highest BCUT2D eigenvalue weighted by Crippen LogP contribution is 2.40. The van der Waals surface area contributed by atoms with E-state index in [9.17, 15) is 13.5 Å². The van der Waals surface area contributed by atoms with Gasteiger partial charge >= 0.3 is 0 Å². The molecule has 0 radical (unpaired) electrons. The Hall–Kier alpha value is -2.82. The Morgan fingerprint density at radius 2 is 1.84 bits per heavy atom. The number of rotatable bonds is 4. The molecule has 31 heavy (non-hydrogen) atoms. The molecule has 4 N–H and O–H groups in total. The van der Waals surface area contributed by atoms with E-state index < -0.39 is 10.0 Å². The summed E-state index contributed by atoms with van der Waals surface area (Å²) >= 11 is 5.22. The lowest BCUT2D eigenvalue weighted by Gasteiger charge is -2.19. The van der Waals surface area contributed by atoms with Crippen LogP contribution in [0.4, 0.5) is 11.4 Å². The van der Waals surface area contributed by atoms with E-state index in [1.807, 2.05) is 25.1 Å². The molecule has 0 aliphatic rings. The zero-order chi connectivity index (χ0) is 23.0. The number of aryl methyl sites for hydroxylation is 1. The number of hydrogen-bond acceptors (Lipinski definition) is 5. The Balaban J connectivity index is 1.91. The van der Waals surface area contributed by atoms with Crippen LogP contribution in [0.3, 0.4) is 0 Å². The van der Waals surface area contributed by atoms with Crippen molar-refractivity contribution >= 4 is 49.6 Å². The molecule has 2 aromatic carbocycles. The van der Waals surface area contributed by atoms with Gasteiger partial charge in [-0.1, -0.05) is 26.8 Å². The summed E-state index contributed by atoms with van der Waals surface area (Å²) in [6, 6.07) is 11.8. The molecule has 0 aliphatic heterocycles. The molecular weight excluding hydrogens is 434 g/mol. The SMILES string of the molecule is CCn1c(O)c(N=NC(=S)Nc2ccc(S(N)(=O)=O)cc2)c2cc(C(C)(C)C)ccc21. The van der Waals surface area contributed by atoms with Crippen LogP contribution < -0.4 is 10.5 Å². The fourth-order valence-corrected chi connectivity index (χ4v) is 3.85. The zero-order valence-electron chi connectivity index (χ0n) is 17.7. The summed E-state index contributed by atoms with van der Waals surface area (Å²) in [7, 11) is -3.77. The number of hydrogen-bond donors (Lipinski definition) is 3. The highest BCUT2D eigenvalue weighted by molar-refractivity contribution is 7.89. The summed E-state index contributed by atoms with van der Waals surface area (Å²) in [6.07, 6.45) is 0. The number of aromatic nitrogens is 1. The maximum Gasteiger partial charge on any atom is 0.238 e. The number of azo groups is 1. The highest BCUT2D eigenvalue weighted by Gasteiger charge is 2.20. The molecule has 3 aromatic rings. The van der Waals surface area contributed by atoms with E-state index in [0.29, 0.717) is 17.9 Å². The summed E-state index contributed by atoms with van der Waals surface area (Å²) in [6.45, 7) is 8.87. The number of nitrogens with two attached hydrogens (primary N) is 1. The molecule has 0 fully saturated rings. The molecule has 0 spiro atoms. The van der Waals surface area contributed by atoms with Gasteiger partial charge < -0.3 is 15.0 Å². The second-order valence-corrected chi connectivity index (χ2v) is 10.0. The van der Waals surface area contributed by atoms with E-state index in [0.717, 1.165) is 16.5 Å². The average molecular weight is 460 g/mol. The van der Waals surface area contributed by atoms with Gasteiger partial charge in [-0.25, -0.2) is 13.6 Å². The van der Waals surface area contributed by atoms with Crippen molar-refractivity contribution in [1.29, 1.82) is 0 Å². The first-order valence-corrected chi connectivity index (χ1v) is 11.6. The van der Waals surface area contributed by atoms with Crippen molar-refractivity contribution in [2.45, 2.75) is 44.6 Å². The number of thiocarbonyl (C=S) groups is 1. The van der Waals surface area contributed by atoms with Crippen LogP contribution in [0.1, 0.15) is 33.3 Å². The number of anilines is 1. The predicted molar refractivity (Wildman–Crippen MR) is 127 cm³/mol. The molecule has 0 saturated heterocycles. The van der Waals surface area contributed by atoms with Gasteiger partial charge in [0.2, 0.25) is 21.0 Å². The molecule has 0 bridgehead atoms. The first kappa shape index (κ1) is 22.9. The van der Waals surface area contributed by atoms with E-state index >= 15 is 0 Å². The van der Waals surface area contributed by atoms with Gasteiger partial charge in [0.1, 0.15) is 0 Å². The molecule has 3 rings (SSSR count). The number of sulfonamides is 1. The topological polar surface area (TPSA) is 122 Å². The van der Waals surface area contributed by atoms with E-state index in [2.05, 4.69) is 36.3 Å². The molecule has 10 heteroatoms. The normalized spacial score (nSPS) is 12.5. The molecular formula is C21H25N5O3S2. The van der Waals surface area contributed by atoms with E-state index in [1.165, 1.54) is 24.3 Å². The minimum atomic E-state index is -3.77. The molecule has 1 heterocycles. The van der Waals surface area contributed by atoms with Crippen molar-refractivity contribution in [2.24, 2.45) is 15.4 Å². The summed E-state index contributed by atoms with van der Waals surface area (Å²) in [5, 5.41) is 27.8. The van der Waals surface area contributed by atoms with Crippen LogP contribution in [0.2, 0.25) is 0 Å². The smallest absolute Gasteiger partial charge is 0.238 e. The van der Waals surface area contributed by atoms with Gasteiger partial charge in [-0.05, 0) is 66.5 Å². The van der Waals surface area contributed by atoms with E-state index in [-0.39, 0.29) is 21.3 Å². The third-order valence-corrected chi connectivity index (χ3v) is 5.98. The predicted octanol–water partition coefficient (Wildman–Crippen LogP) is 4.79. The number of nitrogens with one attached hydrogen (secondary N) is 1. The minimum absolute atomic E-state index is 0.00227. The first-order chi connectivity index (χ1) is 14.4. The monoisotopic (exact) mass is 459 g/mol. The maximum absolute atomic E-state index is 11.3. The largest absolute Gasteiger partial charge is 0.493 e. The Bertz CT molecular complexity index is 1270. The molecule has 1 aromatic heterocycles. The Kier molecular flexibility index (Phi) is 6.17. The van der Waals surface area contributed by atoms with Crippen LogP contribution >= 0.6 is 12.2 Å². The van der Waals surface area contributed by atoms with Gasteiger partial charge in [-0.3, -0.25) is 0 Å². The van der Waals surface area contributed by atoms with Gasteiger partial charge in [-0.15, -0.1) is 10.2 Å². The average Bonchev–Trinajstić information content (AvgIpc) is 2.95. The van der Waals surface area contributed by atoms with Crippen molar-refractivity contribution in [1.82, 2.24) is 4.57 Å². The van der Waals surface area contributed by atoms with Crippen LogP contribution in [-0.2, 0) is 22.0 Å². The van der Waals surface area contributed by atoms with E-state index in [4.69, 9.17) is 17.4 Å². The van der Waals surface area contributed by atoms with Crippen molar-refractivity contribution in [3.63, 3.8) is 0 Å². The second-order valence-electron chi connectivity index (χ2n) is 8.10. The molecule has 0 atom stereocenters. The summed E-state index contributed by atoms with van der Waals surface area (Å²) in [4.78, 5) is -0.00227. The van der Waals surface area contributed by atoms with Crippen LogP contribution in [0, 0.1) is 0 Å². The third kappa shape index (κ3) is 4.92. The van der Waals surface area contributed by atoms with Crippen LogP contribution in [0.5, 0.6) is 5.88 Å². The second kappa shape index (κ2) is 8.37. The maximum atomic E-state index is 11.3. The number of benzene rings is 2. The molecule has 0 aliphatic carbocycles. The lowest BCUT2D eigenvalue weighted by Crippen LogP contribution is -2.12. The van der Waals surface area contributed by atoms with Crippen molar-refractivity contribution in [2.75, 3.05) is 5.32 Å². The standard InChI is InChI=1S/C21H25N5O3S2/c1-5-26-17-11-6-13(21(2,3)4)12-16(17)18(19(26)27)24-25-20(30)23-14-7-9-15(10-8-14)31(22,28)29/h6-12,27H,5H2,1-4H3,(H,23,30)(H2,22,28,29). The summed E-state index contributed by atoms with van der Waals surface area (Å²) < 4.78 is 24.5. The van der Waals surface area contributed by atoms with Gasteiger partial charge in [0.05, 0.1) is 10.4 Å². The quantitative estimate of drug-likeness (QED) is 0.382. The molecule has 0 unspecified atom stereocenters. The minimum Gasteiger partial charge on any atom is -0.493 e. The third-order valence-electron chi connectivity index (χ3n) is 4.87. The Morgan fingerprint density at radius 3 is 2.39 bits per heavy atom. The van der Waals surface area contributed by atoms with Gasteiger partial charge in [0.25, 0.3) is 0 Å². The highest BCUT2D eigenvalue weighted by atomic mass is 32.2. The molecule has 164 valence electrons. The number of nitrogens with zero attached hydrogens (tertiary/aromatic N) is 3. The van der Waals surface area contributed by atoms with Crippen LogP contribution in [-0.4, -0.2) is 23.2 Å². The molecule has 8 nitrogen and oxygen atoms in total. The van der Waals surface area contributed by atoms with Gasteiger partial charge in [0.15, 0.2) is 5.69 Å². The van der Waals surface area contributed by atoms with Gasteiger partial charge in [-0.2, -0.15) is 0 Å². The van der Waals surface area contributed by atoms with Gasteiger partial charge in [0, 0.05) is 17.6 Å². The van der Waals surface area contributed by atoms with Crippen molar-refractivity contribution in [3.8, 4) is 5.88 Å². The van der Waals surface area contributed by atoms with E-state index in [1.54, 1.807) is 4.57 Å².